The van der Waals surface area contributed by atoms with Crippen molar-refractivity contribution < 1.29 is 13.2 Å². The summed E-state index contributed by atoms with van der Waals surface area (Å²) in [7, 11) is -3.72. The minimum absolute atomic E-state index is 0.0394. The maximum Gasteiger partial charge on any atom is 0.241 e. The minimum atomic E-state index is -3.72. The Bertz CT molecular complexity index is 1270. The fourth-order valence-corrected chi connectivity index (χ4v) is 6.15. The van der Waals surface area contributed by atoms with E-state index in [0.717, 1.165) is 16.7 Å². The first-order valence-corrected chi connectivity index (χ1v) is 13.4. The van der Waals surface area contributed by atoms with Gasteiger partial charge in [-0.05, 0) is 55.9 Å². The third-order valence-electron chi connectivity index (χ3n) is 6.25. The second-order valence-electron chi connectivity index (χ2n) is 9.07. The van der Waals surface area contributed by atoms with E-state index >= 15 is 0 Å². The number of terminal acetylenes is 2. The second kappa shape index (κ2) is 12.1. The van der Waals surface area contributed by atoms with Gasteiger partial charge in [-0.25, -0.2) is 13.1 Å². The van der Waals surface area contributed by atoms with Crippen molar-refractivity contribution in [3.8, 4) is 24.7 Å². The summed E-state index contributed by atoms with van der Waals surface area (Å²) in [5, 5.41) is 0. The van der Waals surface area contributed by atoms with Crippen molar-refractivity contribution in [1.29, 1.82) is 0 Å². The van der Waals surface area contributed by atoms with Crippen molar-refractivity contribution in [3.05, 3.63) is 101 Å². The van der Waals surface area contributed by atoms with E-state index in [1.165, 1.54) is 0 Å². The quantitative estimate of drug-likeness (QED) is 0.298. The molecule has 0 saturated heterocycles. The molecular formula is C31H33NO3S. The monoisotopic (exact) mass is 499 g/mol. The lowest BCUT2D eigenvalue weighted by Crippen LogP contribution is -2.42. The van der Waals surface area contributed by atoms with Gasteiger partial charge in [0.15, 0.2) is 5.60 Å². The van der Waals surface area contributed by atoms with Crippen molar-refractivity contribution >= 4 is 10.0 Å². The van der Waals surface area contributed by atoms with Crippen LogP contribution in [0.4, 0.5) is 0 Å². The molecule has 1 N–H and O–H groups in total. The molecule has 4 nitrogen and oxygen atoms in total. The normalized spacial score (nSPS) is 11.7. The molecule has 0 radical (unpaired) electrons. The van der Waals surface area contributed by atoms with Crippen LogP contribution in [0.2, 0.25) is 0 Å². The predicted octanol–water partition coefficient (Wildman–Crippen LogP) is 5.01. The van der Waals surface area contributed by atoms with Crippen molar-refractivity contribution in [2.75, 3.05) is 13.2 Å². The van der Waals surface area contributed by atoms with E-state index in [1.807, 2.05) is 79.7 Å². The van der Waals surface area contributed by atoms with E-state index < -0.39 is 15.6 Å². The number of ether oxygens (including phenoxy) is 1. The number of nitrogens with one attached hydrogen (secondary N) is 1. The minimum Gasteiger partial charge on any atom is -0.350 e. The second-order valence-corrected chi connectivity index (χ2v) is 10.8. The molecule has 0 aliphatic heterocycles. The smallest absolute Gasteiger partial charge is 0.241 e. The van der Waals surface area contributed by atoms with Gasteiger partial charge in [-0.2, -0.15) is 0 Å². The van der Waals surface area contributed by atoms with Gasteiger partial charge in [0.2, 0.25) is 10.0 Å². The number of rotatable bonds is 11. The van der Waals surface area contributed by atoms with Crippen molar-refractivity contribution in [2.45, 2.75) is 44.1 Å². The van der Waals surface area contributed by atoms with Crippen molar-refractivity contribution in [3.63, 3.8) is 0 Å². The molecule has 0 amide bonds. The molecule has 0 bridgehead atoms. The van der Waals surface area contributed by atoms with Gasteiger partial charge in [0, 0.05) is 12.5 Å². The molecule has 3 aromatic carbocycles. The largest absolute Gasteiger partial charge is 0.350 e. The fraction of sp³-hybridized carbons (Fsp3) is 0.290. The number of benzene rings is 3. The van der Waals surface area contributed by atoms with Crippen LogP contribution in [0.15, 0.2) is 77.7 Å². The Labute approximate surface area is 216 Å². The molecule has 0 aliphatic rings. The topological polar surface area (TPSA) is 55.4 Å². The Morgan fingerprint density at radius 2 is 1.33 bits per heavy atom. The summed E-state index contributed by atoms with van der Waals surface area (Å²) < 4.78 is 34.8. The molecule has 36 heavy (non-hydrogen) atoms. The summed E-state index contributed by atoms with van der Waals surface area (Å²) in [6, 6.07) is 23.7. The third-order valence-corrected chi connectivity index (χ3v) is 8.02. The predicted molar refractivity (Wildman–Crippen MR) is 146 cm³/mol. The Kier molecular flexibility index (Phi) is 9.13. The lowest BCUT2D eigenvalue weighted by molar-refractivity contribution is 0.00271. The van der Waals surface area contributed by atoms with E-state index in [2.05, 4.69) is 16.6 Å². The van der Waals surface area contributed by atoms with Crippen LogP contribution in [-0.2, 0) is 27.6 Å². The van der Waals surface area contributed by atoms with Gasteiger partial charge in [-0.1, -0.05) is 90.2 Å². The van der Waals surface area contributed by atoms with Crippen LogP contribution in [0, 0.1) is 51.4 Å². The average molecular weight is 500 g/mol. The summed E-state index contributed by atoms with van der Waals surface area (Å²) in [5.41, 5.74) is 3.32. The Morgan fingerprint density at radius 3 is 1.78 bits per heavy atom. The average Bonchev–Trinajstić information content (AvgIpc) is 2.84. The van der Waals surface area contributed by atoms with E-state index in [9.17, 15) is 8.42 Å². The first-order chi connectivity index (χ1) is 17.2. The Morgan fingerprint density at radius 1 is 0.861 bits per heavy atom. The highest BCUT2D eigenvalue weighted by molar-refractivity contribution is 7.89. The van der Waals surface area contributed by atoms with Crippen LogP contribution in [0.1, 0.15) is 27.8 Å². The van der Waals surface area contributed by atoms with Crippen LogP contribution in [0.25, 0.3) is 0 Å². The zero-order valence-electron chi connectivity index (χ0n) is 21.1. The van der Waals surface area contributed by atoms with Crippen LogP contribution < -0.4 is 4.72 Å². The van der Waals surface area contributed by atoms with Gasteiger partial charge >= 0.3 is 0 Å². The first kappa shape index (κ1) is 27.2. The van der Waals surface area contributed by atoms with Crippen LogP contribution in [0.3, 0.4) is 0 Å². The van der Waals surface area contributed by atoms with Gasteiger partial charge in [0.25, 0.3) is 0 Å². The SMILES string of the molecule is C#CC(C#C)(OCCNS(=O)(=O)c1c(C)cc(C)cc1C)C(Cc1ccccc1)Cc1ccccc1. The van der Waals surface area contributed by atoms with Crippen LogP contribution in [0.5, 0.6) is 0 Å². The number of hydrogen-bond acceptors (Lipinski definition) is 3. The number of aryl methyl sites for hydroxylation is 3. The summed E-state index contributed by atoms with van der Waals surface area (Å²) in [4.78, 5) is 0.291. The van der Waals surface area contributed by atoms with Crippen LogP contribution >= 0.6 is 0 Å². The van der Waals surface area contributed by atoms with Gasteiger partial charge < -0.3 is 4.74 Å². The molecule has 0 fully saturated rings. The molecule has 3 aromatic rings. The molecule has 0 unspecified atom stereocenters. The standard InChI is InChI=1S/C31H33NO3S/c1-6-31(7-2,29(22-27-14-10-8-11-15-27)23-28-16-12-9-13-17-28)35-19-18-32-36(33,34)30-25(4)20-24(3)21-26(30)5/h1-2,8-17,20-21,29,32H,18-19,22-23H2,3-5H3. The molecular weight excluding hydrogens is 466 g/mol. The maximum atomic E-state index is 13.0. The highest BCUT2D eigenvalue weighted by atomic mass is 32.2. The van der Waals surface area contributed by atoms with Gasteiger partial charge in [-0.3, -0.25) is 0 Å². The fourth-order valence-electron chi connectivity index (χ4n) is 4.69. The molecule has 0 saturated carbocycles. The molecule has 186 valence electrons. The molecule has 0 heterocycles. The molecule has 0 aliphatic carbocycles. The van der Waals surface area contributed by atoms with Gasteiger partial charge in [0.1, 0.15) is 0 Å². The van der Waals surface area contributed by atoms with E-state index in [-0.39, 0.29) is 19.1 Å². The van der Waals surface area contributed by atoms with Crippen molar-refractivity contribution in [2.24, 2.45) is 5.92 Å². The summed E-state index contributed by atoms with van der Waals surface area (Å²) in [6.07, 6.45) is 13.2. The molecule has 3 rings (SSSR count). The maximum absolute atomic E-state index is 13.0. The van der Waals surface area contributed by atoms with Crippen molar-refractivity contribution in [1.82, 2.24) is 4.72 Å². The summed E-state index contributed by atoms with van der Waals surface area (Å²) in [6.45, 7) is 5.62. The highest BCUT2D eigenvalue weighted by Crippen LogP contribution is 2.29. The molecule has 0 spiro atoms. The number of hydrogen-bond donors (Lipinski definition) is 1. The van der Waals surface area contributed by atoms with Gasteiger partial charge in [-0.15, -0.1) is 12.8 Å². The van der Waals surface area contributed by atoms with Crippen LogP contribution in [-0.4, -0.2) is 27.2 Å². The van der Waals surface area contributed by atoms with E-state index in [1.54, 1.807) is 13.8 Å². The Hall–Kier alpha value is -3.35. The lowest BCUT2D eigenvalue weighted by Gasteiger charge is -2.33. The lowest BCUT2D eigenvalue weighted by atomic mass is 9.79. The first-order valence-electron chi connectivity index (χ1n) is 12.0. The third kappa shape index (κ3) is 6.65. The van der Waals surface area contributed by atoms with Gasteiger partial charge in [0.05, 0.1) is 11.5 Å². The zero-order valence-corrected chi connectivity index (χ0v) is 21.9. The highest BCUT2D eigenvalue weighted by Gasteiger charge is 2.37. The van der Waals surface area contributed by atoms with E-state index in [0.29, 0.717) is 28.9 Å². The molecule has 0 aromatic heterocycles. The van der Waals surface area contributed by atoms with E-state index in [4.69, 9.17) is 17.6 Å². The Balaban J connectivity index is 1.77. The summed E-state index contributed by atoms with van der Waals surface area (Å²) >= 11 is 0. The summed E-state index contributed by atoms with van der Waals surface area (Å²) in [5.74, 6) is 5.24. The molecule has 0 atom stereocenters. The molecule has 5 heteroatoms. The number of sulfonamides is 1. The zero-order chi connectivity index (χ0) is 26.2.